The van der Waals surface area contributed by atoms with E-state index in [-0.39, 0.29) is 13.2 Å². The summed E-state index contributed by atoms with van der Waals surface area (Å²) in [5.41, 5.74) is 6.99. The van der Waals surface area contributed by atoms with Crippen LogP contribution in [0.15, 0.2) is 24.3 Å². The molecule has 0 saturated heterocycles. The molecule has 0 atom stereocenters. The second kappa shape index (κ2) is 25.5. The highest BCUT2D eigenvalue weighted by Crippen LogP contribution is 2.33. The first-order chi connectivity index (χ1) is 31.0. The number of aryl methyl sites for hydroxylation is 6. The largest absolute Gasteiger partial charge is 0.491 e. The van der Waals surface area contributed by atoms with Gasteiger partial charge in [0, 0.05) is 0 Å². The quantitative estimate of drug-likeness (QED) is 0.0672. The van der Waals surface area contributed by atoms with Crippen molar-refractivity contribution in [1.29, 1.82) is 0 Å². The smallest absolute Gasteiger partial charge is 0.314 e. The molecule has 0 radical (unpaired) electrons. The van der Waals surface area contributed by atoms with Gasteiger partial charge in [0.15, 0.2) is 16.6 Å². The summed E-state index contributed by atoms with van der Waals surface area (Å²) in [5, 5.41) is 18.4. The Balaban J connectivity index is 1.96. The molecule has 2 N–H and O–H groups in total. The molecule has 13 nitrogen and oxygen atoms in total. The van der Waals surface area contributed by atoms with Crippen molar-refractivity contribution in [1.82, 2.24) is 0 Å². The third-order valence-corrected chi connectivity index (χ3v) is 49.7. The third-order valence-electron chi connectivity index (χ3n) is 10.7. The number of hydrogen-bond donors (Lipinski definition) is 2. The fourth-order valence-electron chi connectivity index (χ4n) is 10.3. The Morgan fingerprint density at radius 2 is 0.536 bits per heavy atom. The molecule has 0 aromatic heterocycles. The van der Waals surface area contributed by atoms with Gasteiger partial charge in [-0.1, -0.05) is 24.3 Å². The maximum atomic E-state index is 9.20. The van der Waals surface area contributed by atoms with E-state index in [1.165, 1.54) is 11.1 Å². The van der Waals surface area contributed by atoms with Crippen LogP contribution < -0.4 is 9.47 Å². The van der Waals surface area contributed by atoms with Gasteiger partial charge in [0.05, 0.1) is 13.2 Å². The van der Waals surface area contributed by atoms with E-state index in [4.69, 9.17) is 46.5 Å². The molecule has 23 heteroatoms. The summed E-state index contributed by atoms with van der Waals surface area (Å²) >= 11 is 0. The average Bonchev–Trinajstić information content (AvgIpc) is 3.05. The molecule has 69 heavy (non-hydrogen) atoms. The van der Waals surface area contributed by atoms with Crippen molar-refractivity contribution >= 4 is 85.1 Å². The summed E-state index contributed by atoms with van der Waals surface area (Å²) < 4.78 is 73.8. The van der Waals surface area contributed by atoms with Gasteiger partial charge in [-0.15, -0.1) is 0 Å². The number of hydrogen-bond acceptors (Lipinski definition) is 13. The molecular weight excluding hydrogens is 1040 g/mol. The van der Waals surface area contributed by atoms with Gasteiger partial charge in [-0.25, -0.2) is 0 Å². The van der Waals surface area contributed by atoms with E-state index >= 15 is 0 Å². The van der Waals surface area contributed by atoms with Crippen molar-refractivity contribution in [2.75, 3.05) is 26.4 Å². The Hall–Kier alpha value is -0.231. The van der Waals surface area contributed by atoms with Crippen LogP contribution in [0, 0.1) is 27.7 Å². The Kier molecular flexibility index (Phi) is 24.0. The van der Waals surface area contributed by atoms with E-state index in [0.29, 0.717) is 13.2 Å². The number of aliphatic hydroxyl groups is 2. The Labute approximate surface area is 431 Å². The fraction of sp³-hybridized carbons (Fsp3) is 0.739. The maximum Gasteiger partial charge on any atom is 0.314 e. The summed E-state index contributed by atoms with van der Waals surface area (Å²) in [6, 6.07) is 10.8. The molecule has 0 aliphatic heterocycles. The standard InChI is InChI=1S/C46H98O13Si10/c1-39-35-43(36-40(2)45(39)49-31-29-47)27-25-33-60(5,6)51-62(9,10)53-64(13,14)55-66(17,18)57-68(21,22)59-69(23,24)58-67(19,20)56-65(15,16)54-63(11,12)52-61(7,8)34-26-28-44-37-41(3)46(42(4)38-44)50-32-30-48/h35-38,47-48H,25-34H2,1-24H3. The van der Waals surface area contributed by atoms with Crippen LogP contribution >= 0.6 is 0 Å². The second-order valence-corrected chi connectivity index (χ2v) is 61.4. The molecule has 2 aromatic rings. The summed E-state index contributed by atoms with van der Waals surface area (Å²) in [7, 11) is -25.7. The zero-order valence-corrected chi connectivity index (χ0v) is 57.8. The van der Waals surface area contributed by atoms with Crippen LogP contribution in [-0.2, 0) is 49.9 Å². The maximum absolute atomic E-state index is 9.20. The van der Waals surface area contributed by atoms with Crippen LogP contribution in [0.5, 0.6) is 11.5 Å². The van der Waals surface area contributed by atoms with Crippen molar-refractivity contribution < 1.29 is 56.7 Å². The van der Waals surface area contributed by atoms with E-state index in [1.807, 2.05) is 0 Å². The van der Waals surface area contributed by atoms with E-state index in [1.54, 1.807) is 0 Å². The number of aliphatic hydroxyl groups excluding tert-OH is 2. The molecule has 0 aliphatic rings. The monoisotopic (exact) mass is 1140 g/mol. The first-order valence-electron chi connectivity index (χ1n) is 25.0. The van der Waals surface area contributed by atoms with Gasteiger partial charge in [-0.2, -0.15) is 0 Å². The Morgan fingerprint density at radius 3 is 0.739 bits per heavy atom. The van der Waals surface area contributed by atoms with Gasteiger partial charge >= 0.3 is 68.5 Å². The molecule has 2 aromatic carbocycles. The molecule has 0 spiro atoms. The van der Waals surface area contributed by atoms with Crippen molar-refractivity contribution in [3.63, 3.8) is 0 Å². The minimum absolute atomic E-state index is 0.00493. The van der Waals surface area contributed by atoms with E-state index in [9.17, 15) is 10.2 Å². The van der Waals surface area contributed by atoms with Crippen LogP contribution in [0.4, 0.5) is 0 Å². The molecule has 0 fully saturated rings. The predicted octanol–water partition coefficient (Wildman–Crippen LogP) is 12.4. The topological polar surface area (TPSA) is 142 Å². The normalized spacial score (nSPS) is 14.2. The summed E-state index contributed by atoms with van der Waals surface area (Å²) in [6.45, 7) is 51.7. The number of benzene rings is 2. The molecule has 0 unspecified atom stereocenters. The van der Waals surface area contributed by atoms with Gasteiger partial charge in [0.1, 0.15) is 24.7 Å². The highest BCUT2D eigenvalue weighted by molar-refractivity contribution is 6.93. The average molecular weight is 1140 g/mol. The minimum Gasteiger partial charge on any atom is -0.491 e. The van der Waals surface area contributed by atoms with Crippen molar-refractivity contribution in [3.05, 3.63) is 57.6 Å². The zero-order chi connectivity index (χ0) is 53.3. The first-order valence-corrected chi connectivity index (χ1v) is 53.8. The Bertz CT molecular complexity index is 1760. The molecule has 400 valence electrons. The van der Waals surface area contributed by atoms with Gasteiger partial charge in [0.2, 0.25) is 0 Å². The van der Waals surface area contributed by atoms with E-state index in [0.717, 1.165) is 71.5 Å². The summed E-state index contributed by atoms with van der Waals surface area (Å²) in [5.74, 6) is 1.74. The van der Waals surface area contributed by atoms with E-state index in [2.05, 4.69) is 183 Å². The molecular formula is C46H98O13Si10. The molecule has 0 saturated carbocycles. The lowest BCUT2D eigenvalue weighted by atomic mass is 10.0. The molecule has 0 aliphatic carbocycles. The van der Waals surface area contributed by atoms with Crippen LogP contribution in [-0.4, -0.2) is 122 Å². The molecule has 0 heterocycles. The van der Waals surface area contributed by atoms with Gasteiger partial charge in [0.25, 0.3) is 0 Å². The van der Waals surface area contributed by atoms with Crippen molar-refractivity contribution in [2.24, 2.45) is 0 Å². The summed E-state index contributed by atoms with van der Waals surface area (Å²) in [4.78, 5) is 0. The van der Waals surface area contributed by atoms with Crippen molar-refractivity contribution in [3.8, 4) is 11.5 Å². The van der Waals surface area contributed by atoms with Crippen LogP contribution in [0.25, 0.3) is 0 Å². The van der Waals surface area contributed by atoms with Crippen LogP contribution in [0.3, 0.4) is 0 Å². The highest BCUT2D eigenvalue weighted by atomic mass is 28.5. The lowest BCUT2D eigenvalue weighted by Gasteiger charge is -2.44. The highest BCUT2D eigenvalue weighted by Gasteiger charge is 2.50. The molecule has 2 rings (SSSR count). The lowest BCUT2D eigenvalue weighted by molar-refractivity contribution is 0.200. The minimum atomic E-state index is -2.77. The van der Waals surface area contributed by atoms with Crippen LogP contribution in [0.2, 0.25) is 143 Å². The second-order valence-electron chi connectivity index (χ2n) is 23.6. The van der Waals surface area contributed by atoms with E-state index < -0.39 is 85.1 Å². The number of ether oxygens (including phenoxy) is 2. The molecule has 0 bridgehead atoms. The third kappa shape index (κ3) is 25.2. The predicted molar refractivity (Wildman–Crippen MR) is 308 cm³/mol. The Morgan fingerprint density at radius 1 is 0.333 bits per heavy atom. The van der Waals surface area contributed by atoms with Gasteiger partial charge < -0.3 is 56.7 Å². The molecule has 0 amide bonds. The lowest BCUT2D eigenvalue weighted by Crippen LogP contribution is -2.62. The van der Waals surface area contributed by atoms with Gasteiger partial charge in [-0.3, -0.25) is 0 Å². The summed E-state index contributed by atoms with van der Waals surface area (Å²) in [6.07, 6.45) is 4.00. The number of rotatable bonds is 32. The van der Waals surface area contributed by atoms with Gasteiger partial charge in [-0.05, 0) is 230 Å². The van der Waals surface area contributed by atoms with Crippen LogP contribution in [0.1, 0.15) is 46.2 Å². The SMILES string of the molecule is Cc1cc(CCC[Si](C)(C)O[Si](C)(C)O[Si](C)(C)O[Si](C)(C)O[Si](C)(C)O[Si](C)(C)O[Si](C)(C)O[Si](C)(C)O[Si](C)(C)O[Si](C)(C)CCCc2cc(C)c(OCCO)c(C)c2)cc(C)c1OCCO. The van der Waals surface area contributed by atoms with Crippen molar-refractivity contribution in [2.45, 2.75) is 196 Å². The first kappa shape index (κ1) is 64.9. The fourth-order valence-corrected chi connectivity index (χ4v) is 61.3. The zero-order valence-electron chi connectivity index (χ0n) is 47.8.